The minimum absolute atomic E-state index is 0.0223. The van der Waals surface area contributed by atoms with Crippen LogP contribution in [0.1, 0.15) is 18.1 Å². The number of rotatable bonds is 5. The Kier molecular flexibility index (Phi) is 5.87. The topological polar surface area (TPSA) is 79.2 Å². The van der Waals surface area contributed by atoms with Crippen molar-refractivity contribution in [3.63, 3.8) is 0 Å². The summed E-state index contributed by atoms with van der Waals surface area (Å²) in [6.45, 7) is 1.65. The summed E-state index contributed by atoms with van der Waals surface area (Å²) in [6, 6.07) is 17.9. The molecule has 0 saturated carbocycles. The van der Waals surface area contributed by atoms with Gasteiger partial charge in [-0.3, -0.25) is 9.59 Å². The summed E-state index contributed by atoms with van der Waals surface area (Å²) in [5.41, 5.74) is 1.52. The Balaban J connectivity index is 2.09. The first-order valence-electron chi connectivity index (χ1n) is 7.31. The van der Waals surface area contributed by atoms with Gasteiger partial charge in [0.15, 0.2) is 0 Å². The van der Waals surface area contributed by atoms with Crippen molar-refractivity contribution in [2.45, 2.75) is 13.5 Å². The van der Waals surface area contributed by atoms with Crippen LogP contribution in [0.3, 0.4) is 0 Å². The molecule has 2 aromatic rings. The fourth-order valence-corrected chi connectivity index (χ4v) is 2.02. The Bertz CT molecular complexity index is 805. The summed E-state index contributed by atoms with van der Waals surface area (Å²) in [6.07, 6.45) is 1.45. The Morgan fingerprint density at radius 2 is 1.92 bits per heavy atom. The zero-order chi connectivity index (χ0) is 17.4. The molecule has 0 aliphatic heterocycles. The van der Waals surface area contributed by atoms with Gasteiger partial charge in [0.2, 0.25) is 0 Å². The van der Waals surface area contributed by atoms with Crippen molar-refractivity contribution in [3.8, 4) is 11.8 Å². The molecule has 24 heavy (non-hydrogen) atoms. The lowest BCUT2D eigenvalue weighted by Gasteiger charge is -2.05. The van der Waals surface area contributed by atoms with Gasteiger partial charge in [-0.15, -0.1) is 0 Å². The predicted octanol–water partition coefficient (Wildman–Crippen LogP) is 2.84. The first kappa shape index (κ1) is 17.0. The third kappa shape index (κ3) is 5.11. The van der Waals surface area contributed by atoms with E-state index in [-0.39, 0.29) is 5.57 Å². The number of benzene rings is 2. The van der Waals surface area contributed by atoms with Crippen LogP contribution in [0.4, 0.5) is 0 Å². The van der Waals surface area contributed by atoms with Gasteiger partial charge in [-0.2, -0.15) is 5.26 Å². The summed E-state index contributed by atoms with van der Waals surface area (Å²) in [7, 11) is 0. The smallest absolute Gasteiger partial charge is 0.308 e. The highest BCUT2D eigenvalue weighted by Crippen LogP contribution is 2.16. The average molecular weight is 320 g/mol. The Morgan fingerprint density at radius 1 is 1.17 bits per heavy atom. The van der Waals surface area contributed by atoms with E-state index in [0.717, 1.165) is 5.56 Å². The fraction of sp³-hybridized carbons (Fsp3) is 0.105. The molecule has 5 nitrogen and oxygen atoms in total. The van der Waals surface area contributed by atoms with Crippen molar-refractivity contribution in [2.24, 2.45) is 0 Å². The van der Waals surface area contributed by atoms with Gasteiger partial charge in [0, 0.05) is 13.5 Å². The fourth-order valence-electron chi connectivity index (χ4n) is 2.02. The molecule has 120 valence electrons. The summed E-state index contributed by atoms with van der Waals surface area (Å²) in [5.74, 6) is -0.533. The van der Waals surface area contributed by atoms with E-state index in [2.05, 4.69) is 5.32 Å². The highest BCUT2D eigenvalue weighted by Gasteiger charge is 2.09. The van der Waals surface area contributed by atoms with E-state index in [1.54, 1.807) is 24.3 Å². The van der Waals surface area contributed by atoms with E-state index in [0.29, 0.717) is 17.9 Å². The van der Waals surface area contributed by atoms with Crippen LogP contribution in [-0.4, -0.2) is 11.9 Å². The van der Waals surface area contributed by atoms with Crippen molar-refractivity contribution < 1.29 is 14.3 Å². The Hall–Kier alpha value is -3.39. The Morgan fingerprint density at radius 3 is 2.58 bits per heavy atom. The lowest BCUT2D eigenvalue weighted by atomic mass is 10.1. The third-order valence-electron chi connectivity index (χ3n) is 3.09. The number of carbonyl (C=O) groups excluding carboxylic acids is 2. The second kappa shape index (κ2) is 8.30. The molecular formula is C19H16N2O3. The minimum atomic E-state index is -0.459. The molecule has 0 atom stereocenters. The SMILES string of the molecule is CC(=O)Oc1cccc(/C=C(\C#N)C(=O)NCc2ccccc2)c1. The van der Waals surface area contributed by atoms with Crippen LogP contribution in [0, 0.1) is 11.3 Å². The molecule has 1 amide bonds. The third-order valence-corrected chi connectivity index (χ3v) is 3.09. The molecule has 0 bridgehead atoms. The molecule has 0 aromatic heterocycles. The molecule has 0 saturated heterocycles. The van der Waals surface area contributed by atoms with Crippen molar-refractivity contribution in [3.05, 3.63) is 71.3 Å². The van der Waals surface area contributed by atoms with Gasteiger partial charge in [0.25, 0.3) is 5.91 Å². The molecule has 0 aliphatic rings. The maximum atomic E-state index is 12.1. The van der Waals surface area contributed by atoms with Crippen LogP contribution in [0.15, 0.2) is 60.2 Å². The van der Waals surface area contributed by atoms with Crippen LogP contribution < -0.4 is 10.1 Å². The Labute approximate surface area is 140 Å². The molecule has 0 unspecified atom stereocenters. The highest BCUT2D eigenvalue weighted by atomic mass is 16.5. The quantitative estimate of drug-likeness (QED) is 0.398. The van der Waals surface area contributed by atoms with E-state index in [1.165, 1.54) is 13.0 Å². The van der Waals surface area contributed by atoms with Crippen molar-refractivity contribution in [1.29, 1.82) is 5.26 Å². The van der Waals surface area contributed by atoms with Crippen LogP contribution in [0.2, 0.25) is 0 Å². The van der Waals surface area contributed by atoms with Gasteiger partial charge in [-0.05, 0) is 29.3 Å². The number of nitrogens with zero attached hydrogens (tertiary/aromatic N) is 1. The number of amides is 1. The summed E-state index contributed by atoms with van der Waals surface area (Å²) in [5, 5.41) is 11.9. The largest absolute Gasteiger partial charge is 0.427 e. The molecule has 0 radical (unpaired) electrons. The first-order chi connectivity index (χ1) is 11.6. The van der Waals surface area contributed by atoms with Crippen LogP contribution in [0.5, 0.6) is 5.75 Å². The van der Waals surface area contributed by atoms with E-state index < -0.39 is 11.9 Å². The van der Waals surface area contributed by atoms with Gasteiger partial charge in [-0.1, -0.05) is 42.5 Å². The standard InChI is InChI=1S/C19H16N2O3/c1-14(22)24-18-9-5-8-16(11-18)10-17(12-20)19(23)21-13-15-6-3-2-4-7-15/h2-11H,13H2,1H3,(H,21,23)/b17-10+. The molecule has 2 aromatic carbocycles. The van der Waals surface area contributed by atoms with Crippen LogP contribution in [0.25, 0.3) is 6.08 Å². The number of nitriles is 1. The summed E-state index contributed by atoms with van der Waals surface area (Å²) in [4.78, 5) is 23.1. The van der Waals surface area contributed by atoms with E-state index in [1.807, 2.05) is 36.4 Å². The normalized spacial score (nSPS) is 10.6. The number of carbonyl (C=O) groups is 2. The van der Waals surface area contributed by atoms with Gasteiger partial charge in [0.05, 0.1) is 0 Å². The molecule has 2 rings (SSSR count). The molecule has 1 N–H and O–H groups in total. The van der Waals surface area contributed by atoms with E-state index in [4.69, 9.17) is 4.74 Å². The van der Waals surface area contributed by atoms with Gasteiger partial charge in [-0.25, -0.2) is 0 Å². The number of hydrogen-bond acceptors (Lipinski definition) is 4. The lowest BCUT2D eigenvalue weighted by Crippen LogP contribution is -2.23. The van der Waals surface area contributed by atoms with Crippen LogP contribution >= 0.6 is 0 Å². The van der Waals surface area contributed by atoms with Crippen LogP contribution in [-0.2, 0) is 16.1 Å². The van der Waals surface area contributed by atoms with Crippen molar-refractivity contribution >= 4 is 18.0 Å². The number of ether oxygens (including phenoxy) is 1. The predicted molar refractivity (Wildman–Crippen MR) is 89.6 cm³/mol. The molecular weight excluding hydrogens is 304 g/mol. The number of esters is 1. The monoisotopic (exact) mass is 320 g/mol. The highest BCUT2D eigenvalue weighted by molar-refractivity contribution is 6.01. The summed E-state index contributed by atoms with van der Waals surface area (Å²) < 4.78 is 4.98. The van der Waals surface area contributed by atoms with E-state index in [9.17, 15) is 14.9 Å². The molecule has 0 fully saturated rings. The number of hydrogen-bond donors (Lipinski definition) is 1. The first-order valence-corrected chi connectivity index (χ1v) is 7.31. The van der Waals surface area contributed by atoms with Gasteiger partial charge < -0.3 is 10.1 Å². The van der Waals surface area contributed by atoms with Gasteiger partial charge >= 0.3 is 5.97 Å². The molecule has 5 heteroatoms. The van der Waals surface area contributed by atoms with Crippen molar-refractivity contribution in [2.75, 3.05) is 0 Å². The second-order valence-corrected chi connectivity index (χ2v) is 5.00. The van der Waals surface area contributed by atoms with Crippen molar-refractivity contribution in [1.82, 2.24) is 5.32 Å². The molecule has 0 spiro atoms. The lowest BCUT2D eigenvalue weighted by molar-refractivity contribution is -0.131. The maximum Gasteiger partial charge on any atom is 0.308 e. The minimum Gasteiger partial charge on any atom is -0.427 e. The maximum absolute atomic E-state index is 12.1. The second-order valence-electron chi connectivity index (χ2n) is 5.00. The molecule has 0 heterocycles. The average Bonchev–Trinajstić information content (AvgIpc) is 2.58. The number of nitrogens with one attached hydrogen (secondary N) is 1. The zero-order valence-electron chi connectivity index (χ0n) is 13.2. The summed E-state index contributed by atoms with van der Waals surface area (Å²) >= 11 is 0. The van der Waals surface area contributed by atoms with Gasteiger partial charge in [0.1, 0.15) is 17.4 Å². The zero-order valence-corrected chi connectivity index (χ0v) is 13.2. The van der Waals surface area contributed by atoms with E-state index >= 15 is 0 Å². The molecule has 0 aliphatic carbocycles.